The summed E-state index contributed by atoms with van der Waals surface area (Å²) in [5.41, 5.74) is -0.958. The Morgan fingerprint density at radius 1 is 0.909 bits per heavy atom. The van der Waals surface area contributed by atoms with Gasteiger partial charge in [0.25, 0.3) is 0 Å². The van der Waals surface area contributed by atoms with E-state index >= 15 is 0 Å². The second kappa shape index (κ2) is 12.6. The van der Waals surface area contributed by atoms with E-state index in [1.54, 1.807) is 17.0 Å². The first-order valence-electron chi connectivity index (χ1n) is 14.3. The van der Waals surface area contributed by atoms with Crippen LogP contribution in [0.3, 0.4) is 0 Å². The number of piperidine rings is 2. The van der Waals surface area contributed by atoms with Crippen molar-refractivity contribution in [2.24, 2.45) is 5.92 Å². The maximum atomic E-state index is 14.1. The van der Waals surface area contributed by atoms with E-state index in [9.17, 15) is 31.5 Å². The molecule has 3 aromatic rings. The molecule has 2 aliphatic heterocycles. The summed E-state index contributed by atoms with van der Waals surface area (Å²) in [6.45, 7) is 1.45. The third kappa shape index (κ3) is 6.51. The van der Waals surface area contributed by atoms with Crippen molar-refractivity contribution < 1.29 is 31.5 Å². The van der Waals surface area contributed by atoms with E-state index in [1.165, 1.54) is 18.3 Å². The van der Waals surface area contributed by atoms with Gasteiger partial charge in [-0.05, 0) is 73.2 Å². The zero-order valence-corrected chi connectivity index (χ0v) is 23.7. The molecule has 5 rings (SSSR count). The first kappa shape index (κ1) is 30.9. The lowest BCUT2D eigenvalue weighted by molar-refractivity contribution is -0.166. The number of likely N-dealkylation sites (tertiary alicyclic amines) is 1. The molecule has 1 unspecified atom stereocenters. The third-order valence-electron chi connectivity index (χ3n) is 8.61. The molecule has 1 N–H and O–H groups in total. The molecule has 0 saturated carbocycles. The van der Waals surface area contributed by atoms with Crippen molar-refractivity contribution >= 4 is 17.6 Å². The summed E-state index contributed by atoms with van der Waals surface area (Å²) in [7, 11) is 0. The van der Waals surface area contributed by atoms with Crippen molar-refractivity contribution in [2.75, 3.05) is 31.1 Å². The molecule has 2 aliphatic rings. The second-order valence-electron chi connectivity index (χ2n) is 11.2. The summed E-state index contributed by atoms with van der Waals surface area (Å²) >= 11 is 0. The molecule has 7 nitrogen and oxygen atoms in total. The third-order valence-corrected chi connectivity index (χ3v) is 8.61. The van der Waals surface area contributed by atoms with Gasteiger partial charge in [0.2, 0.25) is 11.8 Å². The van der Waals surface area contributed by atoms with Crippen LogP contribution < -0.4 is 10.2 Å². The van der Waals surface area contributed by atoms with E-state index < -0.39 is 35.2 Å². The van der Waals surface area contributed by atoms with Gasteiger partial charge in [0.05, 0.1) is 11.0 Å². The minimum absolute atomic E-state index is 0.0399. The number of amides is 2. The van der Waals surface area contributed by atoms with Crippen LogP contribution in [-0.2, 0) is 15.0 Å². The van der Waals surface area contributed by atoms with Gasteiger partial charge in [-0.2, -0.15) is 18.4 Å². The number of halogens is 5. The predicted molar refractivity (Wildman–Crippen MR) is 151 cm³/mol. The molecule has 0 aliphatic carbocycles. The van der Waals surface area contributed by atoms with Crippen LogP contribution in [0.2, 0.25) is 0 Å². The lowest BCUT2D eigenvalue weighted by Gasteiger charge is -2.43. The number of nitrogens with one attached hydrogen (secondary N) is 1. The number of hydrogen-bond acceptors (Lipinski definition) is 5. The van der Waals surface area contributed by atoms with Crippen LogP contribution in [0.15, 0.2) is 66.9 Å². The molecule has 2 aromatic carbocycles. The Bertz CT molecular complexity index is 1510. The second-order valence-corrected chi connectivity index (χ2v) is 11.2. The topological polar surface area (TPSA) is 89.3 Å². The molecule has 12 heteroatoms. The van der Waals surface area contributed by atoms with Crippen molar-refractivity contribution in [1.29, 1.82) is 5.26 Å². The average Bonchev–Trinajstić information content (AvgIpc) is 3.03. The number of carbonyl (C=O) groups excluding carboxylic acids is 2. The summed E-state index contributed by atoms with van der Waals surface area (Å²) in [5, 5.41) is 11.1. The van der Waals surface area contributed by atoms with Crippen molar-refractivity contribution in [3.63, 3.8) is 0 Å². The fraction of sp³-hybridized carbons (Fsp3) is 0.375. The standard InChI is InChI=1S/C32H30F5N5O2/c33-25-6-2-22(3-7-25)28(32(35,36)37)40-30(44)31(24-4-8-26(34)9-5-24)13-17-42(18-14-31)29(43)23-11-15-41(16-12-23)27-10-1-21(19-38)20-39-27/h1-10,20,23,28H,11-18H2,(H,40,44). The molecule has 0 radical (unpaired) electrons. The summed E-state index contributed by atoms with van der Waals surface area (Å²) in [6.07, 6.45) is -2.13. The molecular formula is C32H30F5N5O2. The number of hydrogen-bond donors (Lipinski definition) is 1. The average molecular weight is 612 g/mol. The minimum atomic E-state index is -4.86. The molecule has 1 aromatic heterocycles. The van der Waals surface area contributed by atoms with E-state index in [4.69, 9.17) is 5.26 Å². The SMILES string of the molecule is N#Cc1ccc(N2CCC(C(=O)N3CCC(C(=O)NC(c4ccc(F)cc4)C(F)(F)F)(c4ccc(F)cc4)CC3)CC2)nc1. The number of aromatic nitrogens is 1. The number of nitriles is 1. The Kier molecular flexibility index (Phi) is 8.85. The number of anilines is 1. The van der Waals surface area contributed by atoms with Crippen LogP contribution in [0, 0.1) is 28.9 Å². The highest BCUT2D eigenvalue weighted by Gasteiger charge is 2.49. The molecular weight excluding hydrogens is 581 g/mol. The maximum Gasteiger partial charge on any atom is 0.412 e. The van der Waals surface area contributed by atoms with Crippen LogP contribution >= 0.6 is 0 Å². The van der Waals surface area contributed by atoms with E-state index in [0.717, 1.165) is 42.2 Å². The van der Waals surface area contributed by atoms with E-state index in [0.29, 0.717) is 37.1 Å². The van der Waals surface area contributed by atoms with Gasteiger partial charge in [-0.15, -0.1) is 0 Å². The molecule has 2 amide bonds. The lowest BCUT2D eigenvalue weighted by Crippen LogP contribution is -2.55. The van der Waals surface area contributed by atoms with Crippen LogP contribution in [0.4, 0.5) is 27.8 Å². The number of carbonyl (C=O) groups is 2. The van der Waals surface area contributed by atoms with E-state index in [1.807, 2.05) is 11.0 Å². The van der Waals surface area contributed by atoms with Crippen molar-refractivity contribution in [1.82, 2.24) is 15.2 Å². The number of nitrogens with zero attached hydrogens (tertiary/aromatic N) is 4. The monoisotopic (exact) mass is 611 g/mol. The Balaban J connectivity index is 1.29. The number of pyridine rings is 1. The zero-order chi connectivity index (χ0) is 31.5. The highest BCUT2D eigenvalue weighted by atomic mass is 19.4. The van der Waals surface area contributed by atoms with Gasteiger partial charge in [0.1, 0.15) is 23.5 Å². The Labute approximate surface area is 251 Å². The van der Waals surface area contributed by atoms with Gasteiger partial charge in [-0.3, -0.25) is 9.59 Å². The van der Waals surface area contributed by atoms with Gasteiger partial charge in [0.15, 0.2) is 6.04 Å². The normalized spacial score (nSPS) is 17.9. The minimum Gasteiger partial charge on any atom is -0.357 e. The molecule has 0 spiro atoms. The van der Waals surface area contributed by atoms with Crippen molar-refractivity contribution in [2.45, 2.75) is 43.3 Å². The van der Waals surface area contributed by atoms with Crippen LogP contribution in [-0.4, -0.2) is 54.1 Å². The van der Waals surface area contributed by atoms with Crippen LogP contribution in [0.5, 0.6) is 0 Å². The first-order chi connectivity index (χ1) is 21.0. The van der Waals surface area contributed by atoms with Crippen molar-refractivity contribution in [3.05, 3.63) is 95.2 Å². The molecule has 0 bridgehead atoms. The first-order valence-corrected chi connectivity index (χ1v) is 14.3. The largest absolute Gasteiger partial charge is 0.412 e. The Morgan fingerprint density at radius 3 is 2.02 bits per heavy atom. The van der Waals surface area contributed by atoms with Gasteiger partial charge >= 0.3 is 6.18 Å². The summed E-state index contributed by atoms with van der Waals surface area (Å²) in [4.78, 5) is 35.3. The molecule has 44 heavy (non-hydrogen) atoms. The Hall–Kier alpha value is -4.53. The van der Waals surface area contributed by atoms with Crippen LogP contribution in [0.1, 0.15) is 48.4 Å². The highest BCUT2D eigenvalue weighted by Crippen LogP contribution is 2.40. The van der Waals surface area contributed by atoms with Gasteiger partial charge in [0, 0.05) is 38.3 Å². The van der Waals surface area contributed by atoms with Gasteiger partial charge in [-0.25, -0.2) is 13.8 Å². The predicted octanol–water partition coefficient (Wildman–Crippen LogP) is 5.43. The number of benzene rings is 2. The zero-order valence-electron chi connectivity index (χ0n) is 23.7. The molecule has 2 saturated heterocycles. The fourth-order valence-corrected chi connectivity index (χ4v) is 6.06. The fourth-order valence-electron chi connectivity index (χ4n) is 6.06. The Morgan fingerprint density at radius 2 is 1.50 bits per heavy atom. The smallest absolute Gasteiger partial charge is 0.357 e. The molecule has 2 fully saturated rings. The summed E-state index contributed by atoms with van der Waals surface area (Å²) in [6, 6.07) is 11.9. The lowest BCUT2D eigenvalue weighted by atomic mass is 9.71. The van der Waals surface area contributed by atoms with E-state index in [2.05, 4.69) is 10.3 Å². The molecule has 1 atom stereocenters. The summed E-state index contributed by atoms with van der Waals surface area (Å²) < 4.78 is 69.6. The molecule has 3 heterocycles. The maximum absolute atomic E-state index is 14.1. The number of rotatable bonds is 6. The van der Waals surface area contributed by atoms with Crippen molar-refractivity contribution in [3.8, 4) is 6.07 Å². The summed E-state index contributed by atoms with van der Waals surface area (Å²) in [5.74, 6) is -1.78. The van der Waals surface area contributed by atoms with Crippen LogP contribution in [0.25, 0.3) is 0 Å². The van der Waals surface area contributed by atoms with Gasteiger partial charge in [-0.1, -0.05) is 24.3 Å². The van der Waals surface area contributed by atoms with E-state index in [-0.39, 0.29) is 43.3 Å². The molecule has 230 valence electrons. The van der Waals surface area contributed by atoms with Gasteiger partial charge < -0.3 is 15.1 Å². The highest BCUT2D eigenvalue weighted by molar-refractivity contribution is 5.89. The quantitative estimate of drug-likeness (QED) is 0.376. The number of alkyl halides is 3.